The van der Waals surface area contributed by atoms with Crippen molar-refractivity contribution in [2.75, 3.05) is 33.4 Å². The van der Waals surface area contributed by atoms with E-state index in [0.29, 0.717) is 17.8 Å². The molecule has 7 heteroatoms. The van der Waals surface area contributed by atoms with Gasteiger partial charge in [-0.3, -0.25) is 4.79 Å². The monoisotopic (exact) mass is 386 g/mol. The van der Waals surface area contributed by atoms with Crippen LogP contribution >= 0.6 is 0 Å². The van der Waals surface area contributed by atoms with Gasteiger partial charge >= 0.3 is 0 Å². The van der Waals surface area contributed by atoms with Crippen LogP contribution in [0.1, 0.15) is 46.2 Å². The third kappa shape index (κ3) is 5.33. The van der Waals surface area contributed by atoms with Crippen LogP contribution in [0.25, 0.3) is 0 Å². The number of methoxy groups -OCH3 is 1. The van der Waals surface area contributed by atoms with E-state index in [-0.39, 0.29) is 17.6 Å². The van der Waals surface area contributed by atoms with Crippen molar-refractivity contribution in [2.45, 2.75) is 32.2 Å². The van der Waals surface area contributed by atoms with Crippen LogP contribution in [0, 0.1) is 12.7 Å². The van der Waals surface area contributed by atoms with Crippen LogP contribution in [0.5, 0.6) is 0 Å². The van der Waals surface area contributed by atoms with Gasteiger partial charge in [-0.2, -0.15) is 0 Å². The molecule has 1 aromatic carbocycles. The summed E-state index contributed by atoms with van der Waals surface area (Å²) in [5.41, 5.74) is 1.98. The maximum Gasteiger partial charge on any atom is 0.254 e. The number of benzene rings is 1. The predicted molar refractivity (Wildman–Crippen MR) is 105 cm³/mol. The Labute approximate surface area is 165 Å². The lowest BCUT2D eigenvalue weighted by atomic mass is 9.97. The molecule has 1 atom stereocenters. The summed E-state index contributed by atoms with van der Waals surface area (Å²) in [6.07, 6.45) is 3.78. The predicted octanol–water partition coefficient (Wildman–Crippen LogP) is 2.68. The summed E-state index contributed by atoms with van der Waals surface area (Å²) in [5, 5.41) is 2.84. The topological polar surface area (TPSA) is 67.3 Å². The molecular weight excluding hydrogens is 359 g/mol. The van der Waals surface area contributed by atoms with Gasteiger partial charge in [0.25, 0.3) is 5.91 Å². The molecule has 1 fully saturated rings. The van der Waals surface area contributed by atoms with Crippen LogP contribution in [-0.2, 0) is 11.3 Å². The van der Waals surface area contributed by atoms with Crippen molar-refractivity contribution in [1.82, 2.24) is 20.2 Å². The van der Waals surface area contributed by atoms with Gasteiger partial charge in [0.15, 0.2) is 0 Å². The summed E-state index contributed by atoms with van der Waals surface area (Å²) in [5.74, 6) is 0.562. The fourth-order valence-electron chi connectivity index (χ4n) is 3.47. The van der Waals surface area contributed by atoms with E-state index in [2.05, 4.69) is 20.2 Å². The molecule has 1 aliphatic heterocycles. The van der Waals surface area contributed by atoms with Crippen molar-refractivity contribution in [2.24, 2.45) is 0 Å². The van der Waals surface area contributed by atoms with E-state index in [9.17, 15) is 9.18 Å². The lowest BCUT2D eigenvalue weighted by molar-refractivity contribution is 0.0949. The van der Waals surface area contributed by atoms with Crippen molar-refractivity contribution in [3.8, 4) is 0 Å². The highest BCUT2D eigenvalue weighted by Crippen LogP contribution is 2.24. The van der Waals surface area contributed by atoms with Crippen molar-refractivity contribution < 1.29 is 13.9 Å². The molecule has 0 bridgehead atoms. The molecular formula is C21H27FN4O2. The number of nitrogens with one attached hydrogen (secondary N) is 1. The zero-order chi connectivity index (χ0) is 19.9. The Morgan fingerprint density at radius 3 is 2.86 bits per heavy atom. The molecule has 0 aliphatic carbocycles. The van der Waals surface area contributed by atoms with Crippen molar-refractivity contribution in [3.05, 3.63) is 58.9 Å². The first-order valence-electron chi connectivity index (χ1n) is 9.64. The van der Waals surface area contributed by atoms with Crippen molar-refractivity contribution in [1.29, 1.82) is 0 Å². The number of amides is 1. The molecule has 6 nitrogen and oxygen atoms in total. The number of halogens is 1. The molecule has 0 radical (unpaired) electrons. The van der Waals surface area contributed by atoms with Gasteiger partial charge in [-0.05, 0) is 44.0 Å². The normalized spacial score (nSPS) is 17.5. The van der Waals surface area contributed by atoms with Crippen LogP contribution in [0.2, 0.25) is 0 Å². The van der Waals surface area contributed by atoms with Crippen molar-refractivity contribution in [3.63, 3.8) is 0 Å². The number of hydrogen-bond donors (Lipinski definition) is 1. The molecule has 1 aromatic heterocycles. The molecule has 0 saturated carbocycles. The number of rotatable bonds is 7. The second kappa shape index (κ2) is 9.71. The van der Waals surface area contributed by atoms with Gasteiger partial charge in [0.1, 0.15) is 11.6 Å². The minimum absolute atomic E-state index is 0.223. The van der Waals surface area contributed by atoms with E-state index in [1.165, 1.54) is 12.1 Å². The van der Waals surface area contributed by atoms with E-state index in [4.69, 9.17) is 4.74 Å². The second-order valence-corrected chi connectivity index (χ2v) is 7.17. The molecule has 1 amide bonds. The highest BCUT2D eigenvalue weighted by Gasteiger charge is 2.24. The highest BCUT2D eigenvalue weighted by atomic mass is 19.1. The van der Waals surface area contributed by atoms with Crippen LogP contribution in [0.15, 0.2) is 30.5 Å². The molecule has 1 saturated heterocycles. The van der Waals surface area contributed by atoms with Gasteiger partial charge < -0.3 is 15.0 Å². The largest absolute Gasteiger partial charge is 0.383 e. The molecule has 3 rings (SSSR count). The van der Waals surface area contributed by atoms with Crippen LogP contribution < -0.4 is 5.32 Å². The minimum Gasteiger partial charge on any atom is -0.383 e. The number of hydrogen-bond acceptors (Lipinski definition) is 5. The zero-order valence-corrected chi connectivity index (χ0v) is 16.4. The Morgan fingerprint density at radius 1 is 1.36 bits per heavy atom. The summed E-state index contributed by atoms with van der Waals surface area (Å²) < 4.78 is 18.1. The van der Waals surface area contributed by atoms with Gasteiger partial charge in [-0.15, -0.1) is 0 Å². The summed E-state index contributed by atoms with van der Waals surface area (Å²) in [6.45, 7) is 5.79. The van der Waals surface area contributed by atoms with Crippen LogP contribution in [0.3, 0.4) is 0 Å². The average Bonchev–Trinajstić information content (AvgIpc) is 2.71. The summed E-state index contributed by atoms with van der Waals surface area (Å²) in [6, 6.07) is 6.07. The number of nitrogens with zero attached hydrogens (tertiary/aromatic N) is 3. The van der Waals surface area contributed by atoms with Gasteiger partial charge in [0.2, 0.25) is 0 Å². The smallest absolute Gasteiger partial charge is 0.254 e. The number of aryl methyl sites for hydroxylation is 1. The first-order chi connectivity index (χ1) is 13.6. The highest BCUT2D eigenvalue weighted by molar-refractivity contribution is 5.94. The Morgan fingerprint density at radius 2 is 2.14 bits per heavy atom. The first kappa shape index (κ1) is 20.4. The molecule has 0 unspecified atom stereocenters. The first-order valence-corrected chi connectivity index (χ1v) is 9.64. The number of ether oxygens (including phenoxy) is 1. The molecule has 1 aliphatic rings. The Hall–Kier alpha value is -2.38. The fourth-order valence-corrected chi connectivity index (χ4v) is 3.47. The minimum atomic E-state index is -0.293. The second-order valence-electron chi connectivity index (χ2n) is 7.17. The molecule has 2 aromatic rings. The van der Waals surface area contributed by atoms with Gasteiger partial charge in [-0.1, -0.05) is 12.1 Å². The lowest BCUT2D eigenvalue weighted by Gasteiger charge is -2.31. The molecule has 1 N–H and O–H groups in total. The Bertz CT molecular complexity index is 797. The van der Waals surface area contributed by atoms with Gasteiger partial charge in [0.05, 0.1) is 17.9 Å². The molecule has 28 heavy (non-hydrogen) atoms. The number of piperidine rings is 1. The number of aromatic nitrogens is 2. The Balaban J connectivity index is 1.61. The lowest BCUT2D eigenvalue weighted by Crippen LogP contribution is -2.37. The Kier molecular flexibility index (Phi) is 7.06. The SMILES string of the molecule is COCCN1CCC[C@H](c2ncc(C(=O)NCc3ccc(F)cc3)c(C)n2)C1. The standard InChI is InChI=1S/C21H27FN4O2/c1-15-19(21(27)24-12-16-5-7-18(22)8-6-16)13-23-20(25-15)17-4-3-9-26(14-17)10-11-28-2/h5-8,13,17H,3-4,9-12,14H2,1-2H3,(H,24,27)/t17-/m0/s1. The molecule has 2 heterocycles. The summed E-state index contributed by atoms with van der Waals surface area (Å²) in [4.78, 5) is 24.0. The zero-order valence-electron chi connectivity index (χ0n) is 16.4. The van der Waals surface area contributed by atoms with E-state index < -0.39 is 0 Å². The van der Waals surface area contributed by atoms with E-state index in [1.807, 2.05) is 6.92 Å². The van der Waals surface area contributed by atoms with Gasteiger partial charge in [-0.25, -0.2) is 14.4 Å². The molecule has 0 spiro atoms. The molecule has 150 valence electrons. The fraction of sp³-hybridized carbons (Fsp3) is 0.476. The van der Waals surface area contributed by atoms with E-state index in [0.717, 1.165) is 50.5 Å². The summed E-state index contributed by atoms with van der Waals surface area (Å²) >= 11 is 0. The maximum atomic E-state index is 13.0. The third-order valence-electron chi connectivity index (χ3n) is 5.09. The average molecular weight is 386 g/mol. The number of carbonyl (C=O) groups is 1. The van der Waals surface area contributed by atoms with Crippen molar-refractivity contribution >= 4 is 5.91 Å². The maximum absolute atomic E-state index is 13.0. The van der Waals surface area contributed by atoms with Crippen LogP contribution in [-0.4, -0.2) is 54.1 Å². The van der Waals surface area contributed by atoms with Gasteiger partial charge in [0, 0.05) is 38.9 Å². The number of carbonyl (C=O) groups excluding carboxylic acids is 1. The van der Waals surface area contributed by atoms with E-state index in [1.54, 1.807) is 25.4 Å². The number of likely N-dealkylation sites (tertiary alicyclic amines) is 1. The van der Waals surface area contributed by atoms with Crippen LogP contribution in [0.4, 0.5) is 4.39 Å². The summed E-state index contributed by atoms with van der Waals surface area (Å²) in [7, 11) is 1.72. The quantitative estimate of drug-likeness (QED) is 0.792. The third-order valence-corrected chi connectivity index (χ3v) is 5.09. The van der Waals surface area contributed by atoms with E-state index >= 15 is 0 Å².